The zero-order chi connectivity index (χ0) is 15.7. The molecule has 1 atom stereocenters. The number of aliphatic carboxylic acids is 1. The van der Waals surface area contributed by atoms with E-state index in [0.29, 0.717) is 18.0 Å². The second-order valence-corrected chi connectivity index (χ2v) is 4.91. The lowest BCUT2D eigenvalue weighted by atomic mass is 10.1. The van der Waals surface area contributed by atoms with Gasteiger partial charge in [0.05, 0.1) is 12.5 Å². The van der Waals surface area contributed by atoms with Crippen molar-refractivity contribution >= 4 is 23.6 Å². The average molecular weight is 315 g/mol. The summed E-state index contributed by atoms with van der Waals surface area (Å²) in [5.74, 6) is -0.966. The van der Waals surface area contributed by atoms with E-state index in [1.807, 2.05) is 12.1 Å². The van der Waals surface area contributed by atoms with Crippen LogP contribution in [0.2, 0.25) is 5.02 Å². The Kier molecular flexibility index (Phi) is 7.56. The molecule has 116 valence electrons. The number of methoxy groups -OCH3 is 1. The molecule has 1 aromatic rings. The van der Waals surface area contributed by atoms with Crippen molar-refractivity contribution in [2.24, 2.45) is 0 Å². The topological polar surface area (TPSA) is 87.7 Å². The standard InChI is InChI=1S/C14H19ClN2O4/c1-21-12(8-13(18)19)9-17-14(20)16-7-6-10-2-4-11(15)5-3-10/h2-5,12H,6-9H2,1H3,(H,18,19)(H2,16,17,20). The highest BCUT2D eigenvalue weighted by molar-refractivity contribution is 6.30. The summed E-state index contributed by atoms with van der Waals surface area (Å²) < 4.78 is 4.96. The molecule has 0 fully saturated rings. The van der Waals surface area contributed by atoms with Crippen LogP contribution in [0.25, 0.3) is 0 Å². The second-order valence-electron chi connectivity index (χ2n) is 4.47. The number of carboxylic acids is 1. The number of benzene rings is 1. The van der Waals surface area contributed by atoms with Crippen LogP contribution in [-0.4, -0.2) is 43.4 Å². The van der Waals surface area contributed by atoms with Crippen LogP contribution in [0.1, 0.15) is 12.0 Å². The van der Waals surface area contributed by atoms with Gasteiger partial charge in [-0.05, 0) is 24.1 Å². The summed E-state index contributed by atoms with van der Waals surface area (Å²) in [6.07, 6.45) is -0.000803. The first-order valence-corrected chi connectivity index (χ1v) is 6.89. The maximum absolute atomic E-state index is 11.5. The molecule has 0 saturated heterocycles. The molecule has 0 aliphatic heterocycles. The summed E-state index contributed by atoms with van der Waals surface area (Å²) in [6, 6.07) is 7.04. The van der Waals surface area contributed by atoms with Gasteiger partial charge in [-0.3, -0.25) is 4.79 Å². The first kappa shape index (κ1) is 17.3. The number of carbonyl (C=O) groups is 2. The molecule has 0 aromatic heterocycles. The Morgan fingerprint density at radius 3 is 2.52 bits per heavy atom. The Bertz CT molecular complexity index is 465. The van der Waals surface area contributed by atoms with Gasteiger partial charge in [0.15, 0.2) is 0 Å². The minimum atomic E-state index is -0.966. The molecule has 1 rings (SSSR count). The third-order valence-electron chi connectivity index (χ3n) is 2.84. The molecule has 0 aliphatic rings. The van der Waals surface area contributed by atoms with E-state index in [1.165, 1.54) is 7.11 Å². The zero-order valence-corrected chi connectivity index (χ0v) is 12.5. The molecule has 3 N–H and O–H groups in total. The Balaban J connectivity index is 2.21. The monoisotopic (exact) mass is 314 g/mol. The lowest BCUT2D eigenvalue weighted by Crippen LogP contribution is -2.41. The first-order chi connectivity index (χ1) is 10.0. The fourth-order valence-corrected chi connectivity index (χ4v) is 1.80. The number of halogens is 1. The van der Waals surface area contributed by atoms with Crippen molar-refractivity contribution in [1.29, 1.82) is 0 Å². The van der Waals surface area contributed by atoms with Crippen LogP contribution in [0.4, 0.5) is 4.79 Å². The van der Waals surface area contributed by atoms with Gasteiger partial charge in [-0.25, -0.2) is 4.79 Å². The molecule has 1 aromatic carbocycles. The highest BCUT2D eigenvalue weighted by Gasteiger charge is 2.13. The van der Waals surface area contributed by atoms with Crippen LogP contribution in [0.3, 0.4) is 0 Å². The lowest BCUT2D eigenvalue weighted by molar-refractivity contribution is -0.139. The van der Waals surface area contributed by atoms with Crippen LogP contribution < -0.4 is 10.6 Å². The molecule has 0 spiro atoms. The molecule has 6 nitrogen and oxygen atoms in total. The number of ether oxygens (including phenoxy) is 1. The minimum absolute atomic E-state index is 0.148. The van der Waals surface area contributed by atoms with Crippen molar-refractivity contribution in [1.82, 2.24) is 10.6 Å². The zero-order valence-electron chi connectivity index (χ0n) is 11.8. The number of carboxylic acid groups (broad SMARTS) is 1. The van der Waals surface area contributed by atoms with Gasteiger partial charge < -0.3 is 20.5 Å². The summed E-state index contributed by atoms with van der Waals surface area (Å²) >= 11 is 5.78. The smallest absolute Gasteiger partial charge is 0.314 e. The third kappa shape index (κ3) is 7.53. The van der Waals surface area contributed by atoms with Gasteiger partial charge in [-0.1, -0.05) is 23.7 Å². The summed E-state index contributed by atoms with van der Waals surface area (Å²) in [5, 5.41) is 14.6. The van der Waals surface area contributed by atoms with Crippen molar-refractivity contribution in [2.45, 2.75) is 18.9 Å². The Hall–Kier alpha value is -1.79. The average Bonchev–Trinajstić information content (AvgIpc) is 2.45. The van der Waals surface area contributed by atoms with E-state index in [0.717, 1.165) is 5.56 Å². The summed E-state index contributed by atoms with van der Waals surface area (Å²) in [7, 11) is 1.41. The first-order valence-electron chi connectivity index (χ1n) is 6.52. The highest BCUT2D eigenvalue weighted by atomic mass is 35.5. The van der Waals surface area contributed by atoms with E-state index in [-0.39, 0.29) is 19.0 Å². The molecule has 0 saturated carbocycles. The molecule has 21 heavy (non-hydrogen) atoms. The number of nitrogens with one attached hydrogen (secondary N) is 2. The van der Waals surface area contributed by atoms with Gasteiger partial charge in [-0.2, -0.15) is 0 Å². The largest absolute Gasteiger partial charge is 0.481 e. The van der Waals surface area contributed by atoms with Gasteiger partial charge in [0.1, 0.15) is 0 Å². The van der Waals surface area contributed by atoms with Gasteiger partial charge in [0.2, 0.25) is 0 Å². The summed E-state index contributed by atoms with van der Waals surface area (Å²) in [4.78, 5) is 22.1. The van der Waals surface area contributed by atoms with Crippen LogP contribution in [0.5, 0.6) is 0 Å². The third-order valence-corrected chi connectivity index (χ3v) is 3.09. The number of hydrogen-bond acceptors (Lipinski definition) is 3. The van der Waals surface area contributed by atoms with Crippen molar-refractivity contribution in [3.8, 4) is 0 Å². The molecule has 7 heteroatoms. The Morgan fingerprint density at radius 1 is 1.29 bits per heavy atom. The van der Waals surface area contributed by atoms with Crippen LogP contribution >= 0.6 is 11.6 Å². The van der Waals surface area contributed by atoms with Crippen LogP contribution in [0.15, 0.2) is 24.3 Å². The summed E-state index contributed by atoms with van der Waals surface area (Å²) in [6.45, 7) is 0.625. The summed E-state index contributed by atoms with van der Waals surface area (Å²) in [5.41, 5.74) is 1.07. The van der Waals surface area contributed by atoms with Crippen LogP contribution in [0, 0.1) is 0 Å². The molecule has 0 aliphatic carbocycles. The SMILES string of the molecule is COC(CNC(=O)NCCc1ccc(Cl)cc1)CC(=O)O. The van der Waals surface area contributed by atoms with Crippen molar-refractivity contribution in [2.75, 3.05) is 20.2 Å². The second kappa shape index (κ2) is 9.20. The van der Waals surface area contributed by atoms with Crippen molar-refractivity contribution < 1.29 is 19.4 Å². The molecular weight excluding hydrogens is 296 g/mol. The number of rotatable bonds is 8. The van der Waals surface area contributed by atoms with Gasteiger partial charge >= 0.3 is 12.0 Å². The van der Waals surface area contributed by atoms with E-state index in [2.05, 4.69) is 10.6 Å². The van der Waals surface area contributed by atoms with E-state index < -0.39 is 12.1 Å². The number of hydrogen-bond donors (Lipinski definition) is 3. The molecule has 0 heterocycles. The lowest BCUT2D eigenvalue weighted by Gasteiger charge is -2.14. The fraction of sp³-hybridized carbons (Fsp3) is 0.429. The number of carbonyl (C=O) groups excluding carboxylic acids is 1. The van der Waals surface area contributed by atoms with E-state index in [1.54, 1.807) is 12.1 Å². The van der Waals surface area contributed by atoms with Gasteiger partial charge in [0, 0.05) is 25.2 Å². The maximum atomic E-state index is 11.5. The molecule has 2 amide bonds. The van der Waals surface area contributed by atoms with E-state index >= 15 is 0 Å². The molecule has 0 radical (unpaired) electrons. The Morgan fingerprint density at radius 2 is 1.95 bits per heavy atom. The van der Waals surface area contributed by atoms with Crippen molar-refractivity contribution in [3.05, 3.63) is 34.9 Å². The number of urea groups is 1. The van der Waals surface area contributed by atoms with E-state index in [9.17, 15) is 9.59 Å². The highest BCUT2D eigenvalue weighted by Crippen LogP contribution is 2.09. The Labute approximate surface area is 128 Å². The molecule has 0 bridgehead atoms. The molecule has 1 unspecified atom stereocenters. The predicted octanol–water partition coefficient (Wildman–Crippen LogP) is 1.67. The van der Waals surface area contributed by atoms with Crippen molar-refractivity contribution in [3.63, 3.8) is 0 Å². The maximum Gasteiger partial charge on any atom is 0.314 e. The number of amides is 2. The fourth-order valence-electron chi connectivity index (χ4n) is 1.67. The van der Waals surface area contributed by atoms with Gasteiger partial charge in [-0.15, -0.1) is 0 Å². The van der Waals surface area contributed by atoms with Gasteiger partial charge in [0.25, 0.3) is 0 Å². The predicted molar refractivity (Wildman–Crippen MR) is 79.6 cm³/mol. The van der Waals surface area contributed by atoms with Crippen LogP contribution in [-0.2, 0) is 16.0 Å². The van der Waals surface area contributed by atoms with E-state index in [4.69, 9.17) is 21.4 Å². The normalized spacial score (nSPS) is 11.7. The quantitative estimate of drug-likeness (QED) is 0.681. The minimum Gasteiger partial charge on any atom is -0.481 e. The molecular formula is C14H19ClN2O4.